The number of nitrogens with one attached hydrogen (secondary N) is 1. The van der Waals surface area contributed by atoms with Crippen LogP contribution in [-0.2, 0) is 11.2 Å². The first-order valence-electron chi connectivity index (χ1n) is 4.63. The molecule has 0 radical (unpaired) electrons. The molecule has 0 atom stereocenters. The number of aromatic nitrogens is 1. The van der Waals surface area contributed by atoms with Crippen LogP contribution in [0.15, 0.2) is 36.5 Å². The molecule has 0 fully saturated rings. The van der Waals surface area contributed by atoms with E-state index in [2.05, 4.69) is 10.4 Å². The first-order chi connectivity index (χ1) is 7.31. The Labute approximate surface area is 87.1 Å². The Hall–Kier alpha value is -1.94. The van der Waals surface area contributed by atoms with Crippen molar-refractivity contribution in [1.29, 1.82) is 0 Å². The molecule has 76 valence electrons. The van der Waals surface area contributed by atoms with Crippen molar-refractivity contribution in [3.8, 4) is 0 Å². The van der Waals surface area contributed by atoms with E-state index in [9.17, 15) is 4.79 Å². The maximum Gasteiger partial charge on any atom is 0.239 e. The Morgan fingerprint density at radius 2 is 2.13 bits per heavy atom. The van der Waals surface area contributed by atoms with E-state index in [0.717, 1.165) is 16.5 Å². The molecule has 0 bridgehead atoms. The van der Waals surface area contributed by atoms with Crippen molar-refractivity contribution < 1.29 is 4.79 Å². The number of nitrogens with two attached hydrogens (primary N) is 1. The molecule has 0 saturated heterocycles. The quantitative estimate of drug-likeness (QED) is 0.428. The van der Waals surface area contributed by atoms with Crippen LogP contribution in [0.2, 0.25) is 0 Å². The van der Waals surface area contributed by atoms with Gasteiger partial charge in [0, 0.05) is 11.6 Å². The molecular weight excluding hydrogens is 190 g/mol. The van der Waals surface area contributed by atoms with Gasteiger partial charge in [0.25, 0.3) is 0 Å². The minimum Gasteiger partial charge on any atom is -0.294 e. The van der Waals surface area contributed by atoms with Gasteiger partial charge in [0.05, 0.1) is 12.1 Å². The summed E-state index contributed by atoms with van der Waals surface area (Å²) in [5.41, 5.74) is 2.85. The Morgan fingerprint density at radius 3 is 2.93 bits per heavy atom. The largest absolute Gasteiger partial charge is 0.294 e. The third-order valence-electron chi connectivity index (χ3n) is 2.25. The molecular formula is C11H11N3O. The lowest BCUT2D eigenvalue weighted by Crippen LogP contribution is -2.31. The second-order valence-electron chi connectivity index (χ2n) is 3.22. The van der Waals surface area contributed by atoms with E-state index in [0.29, 0.717) is 0 Å². The zero-order valence-electron chi connectivity index (χ0n) is 8.10. The smallest absolute Gasteiger partial charge is 0.239 e. The average Bonchev–Trinajstić information content (AvgIpc) is 2.29. The molecule has 0 saturated carbocycles. The monoisotopic (exact) mass is 201 g/mol. The highest BCUT2D eigenvalue weighted by atomic mass is 16.2. The number of nitrogens with zero attached hydrogens (tertiary/aromatic N) is 1. The van der Waals surface area contributed by atoms with Gasteiger partial charge in [0.1, 0.15) is 0 Å². The summed E-state index contributed by atoms with van der Waals surface area (Å²) in [6.07, 6.45) is 1.90. The number of carbonyl (C=O) groups excluding carboxylic acids is 1. The van der Waals surface area contributed by atoms with E-state index >= 15 is 0 Å². The van der Waals surface area contributed by atoms with Gasteiger partial charge < -0.3 is 0 Å². The fraction of sp³-hybridized carbons (Fsp3) is 0.0909. The maximum absolute atomic E-state index is 11.1. The van der Waals surface area contributed by atoms with Crippen molar-refractivity contribution in [2.24, 2.45) is 5.84 Å². The number of pyridine rings is 1. The maximum atomic E-state index is 11.1. The summed E-state index contributed by atoms with van der Waals surface area (Å²) in [5, 5.41) is 2.07. The highest BCUT2D eigenvalue weighted by molar-refractivity contribution is 5.88. The molecule has 15 heavy (non-hydrogen) atoms. The highest BCUT2D eigenvalue weighted by Gasteiger charge is 2.06. The van der Waals surface area contributed by atoms with Gasteiger partial charge in [-0.05, 0) is 11.5 Å². The zero-order chi connectivity index (χ0) is 10.7. The number of rotatable bonds is 2. The van der Waals surface area contributed by atoms with Crippen LogP contribution >= 0.6 is 0 Å². The van der Waals surface area contributed by atoms with Gasteiger partial charge in [-0.1, -0.05) is 24.3 Å². The van der Waals surface area contributed by atoms with Crippen LogP contribution in [0, 0.1) is 0 Å². The number of amides is 1. The summed E-state index contributed by atoms with van der Waals surface area (Å²) in [7, 11) is 0. The second kappa shape index (κ2) is 4.06. The molecule has 0 aliphatic carbocycles. The van der Waals surface area contributed by atoms with Crippen LogP contribution in [0.5, 0.6) is 0 Å². The molecule has 2 rings (SSSR count). The van der Waals surface area contributed by atoms with Crippen LogP contribution < -0.4 is 11.3 Å². The first-order valence-corrected chi connectivity index (χ1v) is 4.63. The third-order valence-corrected chi connectivity index (χ3v) is 2.25. The van der Waals surface area contributed by atoms with E-state index in [4.69, 9.17) is 5.84 Å². The summed E-state index contributed by atoms with van der Waals surface area (Å²) in [6.45, 7) is 0. The van der Waals surface area contributed by atoms with E-state index < -0.39 is 0 Å². The molecule has 1 heterocycles. The topological polar surface area (TPSA) is 68.0 Å². The van der Waals surface area contributed by atoms with Crippen molar-refractivity contribution >= 4 is 16.7 Å². The van der Waals surface area contributed by atoms with E-state index in [1.54, 1.807) is 6.20 Å². The number of benzene rings is 1. The minimum absolute atomic E-state index is 0.206. The lowest BCUT2D eigenvalue weighted by Gasteiger charge is -2.03. The summed E-state index contributed by atoms with van der Waals surface area (Å²) in [4.78, 5) is 15.3. The SMILES string of the molecule is NNC(=O)Cc1nccc2ccccc12. The predicted molar refractivity (Wildman–Crippen MR) is 57.8 cm³/mol. The third kappa shape index (κ3) is 1.94. The summed E-state index contributed by atoms with van der Waals surface area (Å²) in [6, 6.07) is 9.73. The Balaban J connectivity index is 2.46. The number of hydrogen-bond donors (Lipinski definition) is 2. The molecule has 2 aromatic rings. The molecule has 1 amide bonds. The van der Waals surface area contributed by atoms with Crippen LogP contribution in [-0.4, -0.2) is 10.9 Å². The van der Waals surface area contributed by atoms with Gasteiger partial charge in [-0.15, -0.1) is 0 Å². The van der Waals surface area contributed by atoms with Crippen molar-refractivity contribution in [1.82, 2.24) is 10.4 Å². The minimum atomic E-state index is -0.237. The lowest BCUT2D eigenvalue weighted by atomic mass is 10.1. The van der Waals surface area contributed by atoms with E-state index in [-0.39, 0.29) is 12.3 Å². The van der Waals surface area contributed by atoms with Crippen LogP contribution in [0.1, 0.15) is 5.69 Å². The summed E-state index contributed by atoms with van der Waals surface area (Å²) >= 11 is 0. The van der Waals surface area contributed by atoms with Crippen LogP contribution in [0.3, 0.4) is 0 Å². The fourth-order valence-corrected chi connectivity index (χ4v) is 1.53. The number of hydrazine groups is 1. The van der Waals surface area contributed by atoms with Crippen LogP contribution in [0.4, 0.5) is 0 Å². The molecule has 4 heteroatoms. The molecule has 0 spiro atoms. The Kier molecular flexibility index (Phi) is 2.60. The van der Waals surface area contributed by atoms with E-state index in [1.807, 2.05) is 30.3 Å². The Morgan fingerprint density at radius 1 is 1.33 bits per heavy atom. The van der Waals surface area contributed by atoms with Crippen molar-refractivity contribution in [2.45, 2.75) is 6.42 Å². The highest BCUT2D eigenvalue weighted by Crippen LogP contribution is 2.16. The normalized spacial score (nSPS) is 10.2. The molecule has 3 N–H and O–H groups in total. The average molecular weight is 201 g/mol. The number of fused-ring (bicyclic) bond motifs is 1. The predicted octanol–water partition coefficient (Wildman–Crippen LogP) is 0.767. The van der Waals surface area contributed by atoms with Crippen LogP contribution in [0.25, 0.3) is 10.8 Å². The van der Waals surface area contributed by atoms with Gasteiger partial charge in [0.2, 0.25) is 5.91 Å². The molecule has 1 aromatic heterocycles. The lowest BCUT2D eigenvalue weighted by molar-refractivity contribution is -0.120. The molecule has 4 nitrogen and oxygen atoms in total. The molecule has 0 aliphatic rings. The van der Waals surface area contributed by atoms with E-state index in [1.165, 1.54) is 0 Å². The zero-order valence-corrected chi connectivity index (χ0v) is 8.10. The van der Waals surface area contributed by atoms with Gasteiger partial charge in [-0.3, -0.25) is 15.2 Å². The second-order valence-corrected chi connectivity index (χ2v) is 3.22. The van der Waals surface area contributed by atoms with Gasteiger partial charge in [-0.2, -0.15) is 0 Å². The van der Waals surface area contributed by atoms with Gasteiger partial charge in [-0.25, -0.2) is 5.84 Å². The molecule has 1 aromatic carbocycles. The van der Waals surface area contributed by atoms with Gasteiger partial charge >= 0.3 is 0 Å². The van der Waals surface area contributed by atoms with Crippen molar-refractivity contribution in [3.63, 3.8) is 0 Å². The summed E-state index contributed by atoms with van der Waals surface area (Å²) < 4.78 is 0. The molecule has 0 unspecified atom stereocenters. The Bertz CT molecular complexity index is 491. The van der Waals surface area contributed by atoms with Crippen molar-refractivity contribution in [3.05, 3.63) is 42.2 Å². The van der Waals surface area contributed by atoms with Crippen molar-refractivity contribution in [2.75, 3.05) is 0 Å². The fourth-order valence-electron chi connectivity index (χ4n) is 1.53. The van der Waals surface area contributed by atoms with Gasteiger partial charge in [0.15, 0.2) is 0 Å². The molecule has 0 aliphatic heterocycles. The first kappa shape index (κ1) is 9.61. The summed E-state index contributed by atoms with van der Waals surface area (Å²) in [5.74, 6) is 4.80. The standard InChI is InChI=1S/C11H11N3O/c12-14-11(15)7-10-9-4-2-1-3-8(9)5-6-13-10/h1-6H,7,12H2,(H,14,15). The number of carbonyl (C=O) groups is 1. The number of hydrogen-bond acceptors (Lipinski definition) is 3.